The number of aromatic nitrogens is 1. The molecule has 0 saturated carbocycles. The Balaban J connectivity index is 2.03. The molecular weight excluding hydrogens is 224 g/mol. The Kier molecular flexibility index (Phi) is 2.82. The number of nitrogens with zero attached hydrogens (tertiary/aromatic N) is 1. The summed E-state index contributed by atoms with van der Waals surface area (Å²) in [6.45, 7) is 3.40. The van der Waals surface area contributed by atoms with Crippen LogP contribution in [-0.4, -0.2) is 23.9 Å². The second-order valence-electron chi connectivity index (χ2n) is 5.13. The monoisotopic (exact) mass is 242 g/mol. The van der Waals surface area contributed by atoms with Crippen molar-refractivity contribution in [3.05, 3.63) is 30.0 Å². The van der Waals surface area contributed by atoms with Gasteiger partial charge in [0.25, 0.3) is 0 Å². The van der Waals surface area contributed by atoms with E-state index in [-0.39, 0.29) is 0 Å². The zero-order valence-corrected chi connectivity index (χ0v) is 10.6. The second kappa shape index (κ2) is 4.48. The zero-order valence-electron chi connectivity index (χ0n) is 10.6. The summed E-state index contributed by atoms with van der Waals surface area (Å²) in [4.78, 5) is 16.6. The van der Waals surface area contributed by atoms with Gasteiger partial charge in [-0.1, -0.05) is 0 Å². The van der Waals surface area contributed by atoms with Crippen LogP contribution in [0, 0.1) is 0 Å². The first kappa shape index (κ1) is 11.3. The van der Waals surface area contributed by atoms with Gasteiger partial charge < -0.3 is 9.88 Å². The van der Waals surface area contributed by atoms with Gasteiger partial charge in [-0.25, -0.2) is 0 Å². The number of rotatable bonds is 2. The Morgan fingerprint density at radius 3 is 3.06 bits per heavy atom. The van der Waals surface area contributed by atoms with E-state index in [2.05, 4.69) is 35.0 Å². The van der Waals surface area contributed by atoms with Crippen LogP contribution in [0.4, 0.5) is 5.69 Å². The fraction of sp³-hybridized carbons (Fsp3) is 0.400. The second-order valence-corrected chi connectivity index (χ2v) is 5.13. The summed E-state index contributed by atoms with van der Waals surface area (Å²) >= 11 is 0. The molecule has 1 aromatic carbocycles. The van der Waals surface area contributed by atoms with Crippen LogP contribution in [-0.2, 0) is 0 Å². The van der Waals surface area contributed by atoms with Gasteiger partial charge in [0.1, 0.15) is 0 Å². The predicted molar refractivity (Wildman–Crippen MR) is 74.3 cm³/mol. The SMILES string of the molecule is CC1CCCCN1c1ccc2[nH]cc(C=O)c2c1. The highest BCUT2D eigenvalue weighted by Gasteiger charge is 2.19. The number of carbonyl (C=O) groups excluding carboxylic acids is 1. The van der Waals surface area contributed by atoms with E-state index in [1.807, 2.05) is 0 Å². The third-order valence-corrected chi connectivity index (χ3v) is 3.96. The largest absolute Gasteiger partial charge is 0.369 e. The highest BCUT2D eigenvalue weighted by molar-refractivity contribution is 5.98. The Morgan fingerprint density at radius 1 is 1.39 bits per heavy atom. The Labute approximate surface area is 107 Å². The third kappa shape index (κ3) is 1.80. The van der Waals surface area contributed by atoms with E-state index in [4.69, 9.17) is 0 Å². The van der Waals surface area contributed by atoms with Gasteiger partial charge in [0, 0.05) is 40.9 Å². The summed E-state index contributed by atoms with van der Waals surface area (Å²) < 4.78 is 0. The summed E-state index contributed by atoms with van der Waals surface area (Å²) in [5.41, 5.74) is 3.01. The highest BCUT2D eigenvalue weighted by Crippen LogP contribution is 2.28. The Hall–Kier alpha value is -1.77. The maximum atomic E-state index is 11.0. The molecule has 1 N–H and O–H groups in total. The maximum Gasteiger partial charge on any atom is 0.152 e. The molecule has 0 bridgehead atoms. The number of carbonyl (C=O) groups is 1. The first-order chi connectivity index (χ1) is 8.79. The molecule has 1 fully saturated rings. The molecule has 0 amide bonds. The summed E-state index contributed by atoms with van der Waals surface area (Å²) in [5, 5.41) is 1.03. The van der Waals surface area contributed by atoms with Gasteiger partial charge >= 0.3 is 0 Å². The Morgan fingerprint density at radius 2 is 2.28 bits per heavy atom. The average Bonchev–Trinajstić information content (AvgIpc) is 2.81. The minimum atomic E-state index is 0.592. The maximum absolute atomic E-state index is 11.0. The number of benzene rings is 1. The molecule has 3 rings (SSSR count). The van der Waals surface area contributed by atoms with E-state index < -0.39 is 0 Å². The van der Waals surface area contributed by atoms with Gasteiger partial charge in [-0.3, -0.25) is 4.79 Å². The quantitative estimate of drug-likeness (QED) is 0.820. The molecule has 1 aliphatic rings. The van der Waals surface area contributed by atoms with Crippen LogP contribution in [0.3, 0.4) is 0 Å². The fourth-order valence-corrected chi connectivity index (χ4v) is 2.89. The lowest BCUT2D eigenvalue weighted by Gasteiger charge is -2.35. The number of aromatic amines is 1. The minimum Gasteiger partial charge on any atom is -0.369 e. The summed E-state index contributed by atoms with van der Waals surface area (Å²) in [6.07, 6.45) is 6.54. The lowest BCUT2D eigenvalue weighted by Crippen LogP contribution is -2.37. The van der Waals surface area contributed by atoms with Crippen LogP contribution in [0.25, 0.3) is 10.9 Å². The molecule has 3 heteroatoms. The van der Waals surface area contributed by atoms with Gasteiger partial charge in [0.15, 0.2) is 6.29 Å². The number of piperidine rings is 1. The van der Waals surface area contributed by atoms with Crippen LogP contribution < -0.4 is 4.90 Å². The molecule has 0 spiro atoms. The van der Waals surface area contributed by atoms with Crippen LogP contribution in [0.1, 0.15) is 36.5 Å². The van der Waals surface area contributed by atoms with E-state index >= 15 is 0 Å². The van der Waals surface area contributed by atoms with Crippen LogP contribution >= 0.6 is 0 Å². The number of nitrogens with one attached hydrogen (secondary N) is 1. The number of H-pyrrole nitrogens is 1. The van der Waals surface area contributed by atoms with E-state index in [1.165, 1.54) is 24.9 Å². The average molecular weight is 242 g/mol. The van der Waals surface area contributed by atoms with Gasteiger partial charge in [0.2, 0.25) is 0 Å². The van der Waals surface area contributed by atoms with Crippen molar-refractivity contribution in [1.29, 1.82) is 0 Å². The van der Waals surface area contributed by atoms with Gasteiger partial charge in [0.05, 0.1) is 0 Å². The summed E-state index contributed by atoms with van der Waals surface area (Å²) in [6, 6.07) is 6.95. The predicted octanol–water partition coefficient (Wildman–Crippen LogP) is 3.36. The summed E-state index contributed by atoms with van der Waals surface area (Å²) in [5.74, 6) is 0. The van der Waals surface area contributed by atoms with Crippen molar-refractivity contribution in [2.75, 3.05) is 11.4 Å². The summed E-state index contributed by atoms with van der Waals surface area (Å²) in [7, 11) is 0. The Bertz CT molecular complexity index is 573. The van der Waals surface area contributed by atoms with Crippen molar-refractivity contribution in [2.24, 2.45) is 0 Å². The van der Waals surface area contributed by atoms with Gasteiger partial charge in [-0.05, 0) is 44.4 Å². The molecule has 0 radical (unpaired) electrons. The minimum absolute atomic E-state index is 0.592. The van der Waals surface area contributed by atoms with E-state index in [1.54, 1.807) is 6.20 Å². The molecule has 1 aromatic heterocycles. The lowest BCUT2D eigenvalue weighted by atomic mass is 10.0. The molecule has 1 aliphatic heterocycles. The molecule has 2 aromatic rings. The topological polar surface area (TPSA) is 36.1 Å². The highest BCUT2D eigenvalue weighted by atomic mass is 16.1. The molecule has 3 nitrogen and oxygen atoms in total. The van der Waals surface area contributed by atoms with Gasteiger partial charge in [-0.15, -0.1) is 0 Å². The number of fused-ring (bicyclic) bond motifs is 1. The van der Waals surface area contributed by atoms with E-state index in [0.717, 1.165) is 29.3 Å². The molecule has 2 heterocycles. The van der Waals surface area contributed by atoms with E-state index in [0.29, 0.717) is 6.04 Å². The lowest BCUT2D eigenvalue weighted by molar-refractivity contribution is 0.112. The normalized spacial score (nSPS) is 20.3. The first-order valence-corrected chi connectivity index (χ1v) is 6.62. The third-order valence-electron chi connectivity index (χ3n) is 3.96. The number of hydrogen-bond donors (Lipinski definition) is 1. The van der Waals surface area contributed by atoms with E-state index in [9.17, 15) is 4.79 Å². The van der Waals surface area contributed by atoms with Crippen molar-refractivity contribution in [1.82, 2.24) is 4.98 Å². The van der Waals surface area contributed by atoms with Crippen molar-refractivity contribution < 1.29 is 4.79 Å². The molecule has 94 valence electrons. The van der Waals surface area contributed by atoms with Crippen molar-refractivity contribution >= 4 is 22.9 Å². The standard InChI is InChI=1S/C15H18N2O/c1-11-4-2-3-7-17(11)13-5-6-15-14(8-13)12(10-18)9-16-15/h5-6,8-11,16H,2-4,7H2,1H3. The van der Waals surface area contributed by atoms with Crippen LogP contribution in [0.2, 0.25) is 0 Å². The molecule has 0 aliphatic carbocycles. The fourth-order valence-electron chi connectivity index (χ4n) is 2.89. The smallest absolute Gasteiger partial charge is 0.152 e. The number of anilines is 1. The van der Waals surface area contributed by atoms with Gasteiger partial charge in [-0.2, -0.15) is 0 Å². The molecule has 1 atom stereocenters. The zero-order chi connectivity index (χ0) is 12.5. The van der Waals surface area contributed by atoms with Crippen molar-refractivity contribution in [3.63, 3.8) is 0 Å². The van der Waals surface area contributed by atoms with Crippen LogP contribution in [0.15, 0.2) is 24.4 Å². The number of hydrogen-bond acceptors (Lipinski definition) is 2. The molecular formula is C15H18N2O. The molecule has 18 heavy (non-hydrogen) atoms. The molecule has 1 saturated heterocycles. The molecule has 1 unspecified atom stereocenters. The first-order valence-electron chi connectivity index (χ1n) is 6.62. The van der Waals surface area contributed by atoms with Crippen LogP contribution in [0.5, 0.6) is 0 Å². The van der Waals surface area contributed by atoms with Crippen molar-refractivity contribution in [2.45, 2.75) is 32.2 Å². The van der Waals surface area contributed by atoms with Crippen molar-refractivity contribution in [3.8, 4) is 0 Å². The number of aldehydes is 1.